The van der Waals surface area contributed by atoms with Gasteiger partial charge in [0.1, 0.15) is 0 Å². The zero-order valence-electron chi connectivity index (χ0n) is 14.3. The number of benzene rings is 2. The first-order valence-electron chi connectivity index (χ1n) is 7.77. The smallest absolute Gasteiger partial charge is 0.338 e. The maximum absolute atomic E-state index is 12.4. The molecule has 2 rings (SSSR count). The molecule has 2 aromatic rings. The molecule has 1 atom stereocenters. The number of anilines is 1. The van der Waals surface area contributed by atoms with Gasteiger partial charge in [-0.2, -0.15) is 0 Å². The second-order valence-corrected chi connectivity index (χ2v) is 5.78. The van der Waals surface area contributed by atoms with Gasteiger partial charge in [0.25, 0.3) is 0 Å². The average molecular weight is 340 g/mol. The first-order chi connectivity index (χ1) is 11.8. The number of ether oxygens (including phenoxy) is 1. The van der Waals surface area contributed by atoms with E-state index in [1.54, 1.807) is 24.3 Å². The van der Waals surface area contributed by atoms with Gasteiger partial charge in [0.2, 0.25) is 5.78 Å². The SMILES string of the molecule is Cc1ccc(C(=O)[C@@H](C)OC(=O)c2cccc(NC(N)=O)c2)cc1C. The highest BCUT2D eigenvalue weighted by Crippen LogP contribution is 2.15. The van der Waals surface area contributed by atoms with E-state index in [1.807, 2.05) is 19.9 Å². The highest BCUT2D eigenvalue weighted by Gasteiger charge is 2.21. The lowest BCUT2D eigenvalue weighted by Crippen LogP contribution is -2.25. The Labute approximate surface area is 146 Å². The minimum absolute atomic E-state index is 0.214. The van der Waals surface area contributed by atoms with E-state index in [-0.39, 0.29) is 11.3 Å². The number of ketones is 1. The van der Waals surface area contributed by atoms with Crippen molar-refractivity contribution in [1.29, 1.82) is 0 Å². The van der Waals surface area contributed by atoms with Crippen molar-refractivity contribution in [3.8, 4) is 0 Å². The summed E-state index contributed by atoms with van der Waals surface area (Å²) in [6.07, 6.45) is -0.928. The summed E-state index contributed by atoms with van der Waals surface area (Å²) in [6.45, 7) is 5.40. The van der Waals surface area contributed by atoms with E-state index in [4.69, 9.17) is 10.5 Å². The molecule has 0 saturated carbocycles. The fourth-order valence-corrected chi connectivity index (χ4v) is 2.28. The van der Waals surface area contributed by atoms with E-state index >= 15 is 0 Å². The molecule has 3 N–H and O–H groups in total. The Balaban J connectivity index is 2.10. The van der Waals surface area contributed by atoms with Crippen LogP contribution in [0.2, 0.25) is 0 Å². The van der Waals surface area contributed by atoms with Gasteiger partial charge in [-0.15, -0.1) is 0 Å². The fraction of sp³-hybridized carbons (Fsp3) is 0.211. The van der Waals surface area contributed by atoms with Crippen LogP contribution in [0.25, 0.3) is 0 Å². The molecule has 2 amide bonds. The Morgan fingerprint density at radius 1 is 1.00 bits per heavy atom. The van der Waals surface area contributed by atoms with Crippen LogP contribution in [0.15, 0.2) is 42.5 Å². The average Bonchev–Trinajstić information content (AvgIpc) is 2.56. The van der Waals surface area contributed by atoms with Crippen LogP contribution < -0.4 is 11.1 Å². The molecular weight excluding hydrogens is 320 g/mol. The quantitative estimate of drug-likeness (QED) is 0.645. The first kappa shape index (κ1) is 18.2. The third kappa shape index (κ3) is 4.67. The molecule has 130 valence electrons. The fourth-order valence-electron chi connectivity index (χ4n) is 2.28. The number of urea groups is 1. The molecule has 0 fully saturated rings. The van der Waals surface area contributed by atoms with Crippen LogP contribution in [0.5, 0.6) is 0 Å². The van der Waals surface area contributed by atoms with E-state index in [1.165, 1.54) is 19.1 Å². The van der Waals surface area contributed by atoms with Gasteiger partial charge in [-0.05, 0) is 56.2 Å². The summed E-state index contributed by atoms with van der Waals surface area (Å²) in [4.78, 5) is 35.5. The number of hydrogen-bond acceptors (Lipinski definition) is 4. The number of carbonyl (C=O) groups is 3. The van der Waals surface area contributed by atoms with Crippen LogP contribution in [-0.2, 0) is 4.74 Å². The highest BCUT2D eigenvalue weighted by molar-refractivity contribution is 6.01. The van der Waals surface area contributed by atoms with Gasteiger partial charge < -0.3 is 15.8 Å². The van der Waals surface area contributed by atoms with Crippen LogP contribution in [0.1, 0.15) is 38.8 Å². The number of aryl methyl sites for hydroxylation is 2. The van der Waals surface area contributed by atoms with Crippen LogP contribution in [0.3, 0.4) is 0 Å². The molecule has 6 nitrogen and oxygen atoms in total. The van der Waals surface area contributed by atoms with Gasteiger partial charge in [0.15, 0.2) is 6.10 Å². The van der Waals surface area contributed by atoms with Gasteiger partial charge in [-0.1, -0.05) is 18.2 Å². The molecule has 0 radical (unpaired) electrons. The topological polar surface area (TPSA) is 98.5 Å². The molecule has 0 heterocycles. The zero-order valence-corrected chi connectivity index (χ0v) is 14.3. The molecular formula is C19H20N2O4. The van der Waals surface area contributed by atoms with E-state index in [0.29, 0.717) is 11.3 Å². The molecule has 0 aromatic heterocycles. The molecule has 25 heavy (non-hydrogen) atoms. The number of nitrogens with two attached hydrogens (primary N) is 1. The Bertz CT molecular complexity index is 830. The second kappa shape index (κ2) is 7.61. The lowest BCUT2D eigenvalue weighted by atomic mass is 10.0. The second-order valence-electron chi connectivity index (χ2n) is 5.78. The van der Waals surface area contributed by atoms with Crippen LogP contribution >= 0.6 is 0 Å². The summed E-state index contributed by atoms with van der Waals surface area (Å²) in [5.74, 6) is -0.930. The van der Waals surface area contributed by atoms with E-state index < -0.39 is 18.1 Å². The molecule has 0 aliphatic rings. The van der Waals surface area contributed by atoms with Crippen molar-refractivity contribution in [2.75, 3.05) is 5.32 Å². The summed E-state index contributed by atoms with van der Waals surface area (Å²) in [6, 6.07) is 10.7. The van der Waals surface area contributed by atoms with Crippen molar-refractivity contribution < 1.29 is 19.1 Å². The van der Waals surface area contributed by atoms with Crippen molar-refractivity contribution in [3.05, 3.63) is 64.7 Å². The van der Waals surface area contributed by atoms with Gasteiger partial charge >= 0.3 is 12.0 Å². The third-order valence-corrected chi connectivity index (χ3v) is 3.81. The van der Waals surface area contributed by atoms with Crippen LogP contribution in [0.4, 0.5) is 10.5 Å². The van der Waals surface area contributed by atoms with Crippen molar-refractivity contribution in [3.63, 3.8) is 0 Å². The maximum atomic E-state index is 12.4. The van der Waals surface area contributed by atoms with Gasteiger partial charge in [0, 0.05) is 11.3 Å². The number of amides is 2. The van der Waals surface area contributed by atoms with Crippen molar-refractivity contribution in [2.24, 2.45) is 5.73 Å². The first-order valence-corrected chi connectivity index (χ1v) is 7.77. The predicted molar refractivity (Wildman–Crippen MR) is 94.8 cm³/mol. The number of hydrogen-bond donors (Lipinski definition) is 2. The molecule has 2 aromatic carbocycles. The predicted octanol–water partition coefficient (Wildman–Crippen LogP) is 3.22. The summed E-state index contributed by atoms with van der Waals surface area (Å²) >= 11 is 0. The monoisotopic (exact) mass is 340 g/mol. The van der Waals surface area contributed by atoms with E-state index in [9.17, 15) is 14.4 Å². The summed E-state index contributed by atoms with van der Waals surface area (Å²) in [7, 11) is 0. The Hall–Kier alpha value is -3.15. The number of carbonyl (C=O) groups excluding carboxylic acids is 3. The number of nitrogens with one attached hydrogen (secondary N) is 1. The zero-order chi connectivity index (χ0) is 18.6. The summed E-state index contributed by atoms with van der Waals surface area (Å²) in [5, 5.41) is 2.38. The molecule has 0 spiro atoms. The maximum Gasteiger partial charge on any atom is 0.338 e. The van der Waals surface area contributed by atoms with Crippen LogP contribution in [-0.4, -0.2) is 23.9 Å². The van der Waals surface area contributed by atoms with Crippen molar-refractivity contribution in [2.45, 2.75) is 26.9 Å². The standard InChI is InChI=1S/C19H20N2O4/c1-11-7-8-14(9-12(11)2)17(22)13(3)25-18(23)15-5-4-6-16(10-15)21-19(20)24/h4-10,13H,1-3H3,(H3,20,21,24)/t13-/m1/s1. The lowest BCUT2D eigenvalue weighted by Gasteiger charge is -2.13. The minimum atomic E-state index is -0.928. The van der Waals surface area contributed by atoms with E-state index in [2.05, 4.69) is 5.32 Å². The van der Waals surface area contributed by atoms with Gasteiger partial charge in [0.05, 0.1) is 5.56 Å². The number of esters is 1. The number of Topliss-reactive ketones (excluding diaryl/α,β-unsaturated/α-hetero) is 1. The Morgan fingerprint density at radius 2 is 1.72 bits per heavy atom. The van der Waals surface area contributed by atoms with Gasteiger partial charge in [-0.3, -0.25) is 4.79 Å². The number of rotatable bonds is 5. The highest BCUT2D eigenvalue weighted by atomic mass is 16.5. The van der Waals surface area contributed by atoms with E-state index in [0.717, 1.165) is 11.1 Å². The van der Waals surface area contributed by atoms with Crippen molar-refractivity contribution in [1.82, 2.24) is 0 Å². The third-order valence-electron chi connectivity index (χ3n) is 3.81. The molecule has 6 heteroatoms. The van der Waals surface area contributed by atoms with Crippen molar-refractivity contribution >= 4 is 23.5 Å². The molecule has 0 saturated heterocycles. The Kier molecular flexibility index (Phi) is 5.54. The number of primary amides is 1. The largest absolute Gasteiger partial charge is 0.451 e. The molecule has 0 aliphatic heterocycles. The normalized spacial score (nSPS) is 11.5. The summed E-state index contributed by atoms with van der Waals surface area (Å²) < 4.78 is 5.25. The molecule has 0 bridgehead atoms. The Morgan fingerprint density at radius 3 is 2.36 bits per heavy atom. The minimum Gasteiger partial charge on any atom is -0.451 e. The molecule has 0 aliphatic carbocycles. The van der Waals surface area contributed by atoms with Crippen LogP contribution in [0, 0.1) is 13.8 Å². The van der Waals surface area contributed by atoms with Gasteiger partial charge in [-0.25, -0.2) is 9.59 Å². The molecule has 0 unspecified atom stereocenters. The lowest BCUT2D eigenvalue weighted by molar-refractivity contribution is 0.0319. The summed E-state index contributed by atoms with van der Waals surface area (Å²) in [5.41, 5.74) is 8.20.